The van der Waals surface area contributed by atoms with Crippen LogP contribution in [0.3, 0.4) is 0 Å². The highest BCUT2D eigenvalue weighted by molar-refractivity contribution is 5.64. The van der Waals surface area contributed by atoms with Gasteiger partial charge in [-0.15, -0.1) is 6.58 Å². The molecule has 0 amide bonds. The van der Waals surface area contributed by atoms with Gasteiger partial charge in [-0.05, 0) is 23.6 Å². The third-order valence-corrected chi connectivity index (χ3v) is 2.52. The number of rotatable bonds is 3. The zero-order valence-electron chi connectivity index (χ0n) is 8.99. The Balaban J connectivity index is 2.35. The molecule has 0 radical (unpaired) electrons. The highest BCUT2D eigenvalue weighted by atomic mass is 19.1. The van der Waals surface area contributed by atoms with Crippen LogP contribution in [-0.4, -0.2) is 0 Å². The minimum atomic E-state index is -0.182. The van der Waals surface area contributed by atoms with Crippen molar-refractivity contribution < 1.29 is 4.39 Å². The third kappa shape index (κ3) is 2.19. The molecule has 0 aliphatic carbocycles. The molecule has 0 aliphatic rings. The normalized spacial score (nSPS) is 10.1. The van der Waals surface area contributed by atoms with Gasteiger partial charge in [0.2, 0.25) is 0 Å². The molecule has 0 N–H and O–H groups in total. The van der Waals surface area contributed by atoms with E-state index in [9.17, 15) is 4.39 Å². The second-order valence-corrected chi connectivity index (χ2v) is 3.67. The Labute approximate surface area is 95.1 Å². The molecule has 0 unspecified atom stereocenters. The van der Waals surface area contributed by atoms with E-state index in [1.165, 1.54) is 11.6 Å². The molecule has 0 nitrogen and oxygen atoms in total. The first-order valence-electron chi connectivity index (χ1n) is 5.26. The fourth-order valence-electron chi connectivity index (χ4n) is 1.68. The van der Waals surface area contributed by atoms with Gasteiger partial charge in [-0.25, -0.2) is 4.39 Å². The lowest BCUT2D eigenvalue weighted by atomic mass is 10.0. The van der Waals surface area contributed by atoms with E-state index in [0.717, 1.165) is 12.0 Å². The Morgan fingerprint density at radius 1 is 1.00 bits per heavy atom. The van der Waals surface area contributed by atoms with Gasteiger partial charge in [0.05, 0.1) is 0 Å². The van der Waals surface area contributed by atoms with E-state index in [1.54, 1.807) is 12.1 Å². The van der Waals surface area contributed by atoms with Crippen molar-refractivity contribution in [2.75, 3.05) is 0 Å². The van der Waals surface area contributed by atoms with Crippen molar-refractivity contribution >= 4 is 0 Å². The first-order valence-corrected chi connectivity index (χ1v) is 5.26. The van der Waals surface area contributed by atoms with Gasteiger partial charge in [0.25, 0.3) is 0 Å². The van der Waals surface area contributed by atoms with E-state index < -0.39 is 0 Å². The molecule has 0 fully saturated rings. The fraction of sp³-hybridized carbons (Fsp3) is 0.0667. The lowest BCUT2D eigenvalue weighted by molar-refractivity contribution is 0.631. The average molecular weight is 212 g/mol. The van der Waals surface area contributed by atoms with Crippen LogP contribution in [-0.2, 0) is 6.42 Å². The highest BCUT2D eigenvalue weighted by Crippen LogP contribution is 2.22. The SMILES string of the molecule is C=CCc1ccc(-c2ccccc2F)cc1. The van der Waals surface area contributed by atoms with Gasteiger partial charge < -0.3 is 0 Å². The van der Waals surface area contributed by atoms with Crippen molar-refractivity contribution in [3.05, 3.63) is 72.6 Å². The predicted octanol–water partition coefficient (Wildman–Crippen LogP) is 4.22. The number of hydrogen-bond acceptors (Lipinski definition) is 0. The van der Waals surface area contributed by atoms with Gasteiger partial charge in [0, 0.05) is 5.56 Å². The summed E-state index contributed by atoms with van der Waals surface area (Å²) in [4.78, 5) is 0. The number of halogens is 1. The van der Waals surface area contributed by atoms with Crippen LogP contribution in [0.2, 0.25) is 0 Å². The van der Waals surface area contributed by atoms with E-state index in [-0.39, 0.29) is 5.82 Å². The Morgan fingerprint density at radius 3 is 2.31 bits per heavy atom. The van der Waals surface area contributed by atoms with E-state index in [2.05, 4.69) is 6.58 Å². The summed E-state index contributed by atoms with van der Waals surface area (Å²) < 4.78 is 13.5. The fourth-order valence-corrected chi connectivity index (χ4v) is 1.68. The molecule has 0 spiro atoms. The summed E-state index contributed by atoms with van der Waals surface area (Å²) in [6.45, 7) is 3.69. The van der Waals surface area contributed by atoms with Crippen molar-refractivity contribution in [3.8, 4) is 11.1 Å². The maximum absolute atomic E-state index is 13.5. The topological polar surface area (TPSA) is 0 Å². The van der Waals surface area contributed by atoms with Gasteiger partial charge in [0.1, 0.15) is 5.82 Å². The summed E-state index contributed by atoms with van der Waals surface area (Å²) in [5.74, 6) is -0.182. The zero-order chi connectivity index (χ0) is 11.4. The van der Waals surface area contributed by atoms with Gasteiger partial charge in [-0.2, -0.15) is 0 Å². The molecule has 0 saturated heterocycles. The van der Waals surface area contributed by atoms with Crippen LogP contribution < -0.4 is 0 Å². The minimum Gasteiger partial charge on any atom is -0.206 e. The minimum absolute atomic E-state index is 0.182. The lowest BCUT2D eigenvalue weighted by Crippen LogP contribution is -1.85. The van der Waals surface area contributed by atoms with Crippen molar-refractivity contribution in [1.29, 1.82) is 0 Å². The molecule has 0 heterocycles. The van der Waals surface area contributed by atoms with E-state index in [1.807, 2.05) is 36.4 Å². The molecule has 2 aromatic carbocycles. The molecule has 0 saturated carbocycles. The molecule has 0 bridgehead atoms. The largest absolute Gasteiger partial charge is 0.206 e. The predicted molar refractivity (Wildman–Crippen MR) is 65.7 cm³/mol. The van der Waals surface area contributed by atoms with Crippen molar-refractivity contribution in [2.45, 2.75) is 6.42 Å². The van der Waals surface area contributed by atoms with Crippen LogP contribution in [0.15, 0.2) is 61.2 Å². The number of benzene rings is 2. The molecule has 80 valence electrons. The zero-order valence-corrected chi connectivity index (χ0v) is 8.99. The van der Waals surface area contributed by atoms with Gasteiger partial charge in [0.15, 0.2) is 0 Å². The summed E-state index contributed by atoms with van der Waals surface area (Å²) in [7, 11) is 0. The first-order chi connectivity index (χ1) is 7.81. The number of allylic oxidation sites excluding steroid dienone is 1. The van der Waals surface area contributed by atoms with Crippen LogP contribution in [0.1, 0.15) is 5.56 Å². The molecule has 2 rings (SSSR count). The van der Waals surface area contributed by atoms with Crippen molar-refractivity contribution in [2.24, 2.45) is 0 Å². The molecule has 0 aliphatic heterocycles. The van der Waals surface area contributed by atoms with Gasteiger partial charge >= 0.3 is 0 Å². The summed E-state index contributed by atoms with van der Waals surface area (Å²) in [6, 6.07) is 14.7. The Hall–Kier alpha value is -1.89. The summed E-state index contributed by atoms with van der Waals surface area (Å²) in [5, 5.41) is 0. The molecular formula is C15H13F. The van der Waals surface area contributed by atoms with Gasteiger partial charge in [-0.1, -0.05) is 48.5 Å². The van der Waals surface area contributed by atoms with E-state index in [4.69, 9.17) is 0 Å². The highest BCUT2D eigenvalue weighted by Gasteiger charge is 2.02. The summed E-state index contributed by atoms with van der Waals surface area (Å²) in [6.07, 6.45) is 2.70. The second-order valence-electron chi connectivity index (χ2n) is 3.67. The Bertz CT molecular complexity index is 483. The second kappa shape index (κ2) is 4.75. The quantitative estimate of drug-likeness (QED) is 0.668. The number of hydrogen-bond donors (Lipinski definition) is 0. The van der Waals surface area contributed by atoms with Crippen LogP contribution in [0.4, 0.5) is 4.39 Å². The smallest absolute Gasteiger partial charge is 0.131 e. The summed E-state index contributed by atoms with van der Waals surface area (Å²) in [5.41, 5.74) is 2.74. The maximum atomic E-state index is 13.5. The molecule has 0 atom stereocenters. The van der Waals surface area contributed by atoms with Crippen molar-refractivity contribution in [3.63, 3.8) is 0 Å². The first kappa shape index (κ1) is 10.6. The van der Waals surface area contributed by atoms with Crippen LogP contribution in [0, 0.1) is 5.82 Å². The maximum Gasteiger partial charge on any atom is 0.131 e. The Kier molecular flexibility index (Phi) is 3.16. The summed E-state index contributed by atoms with van der Waals surface area (Å²) >= 11 is 0. The average Bonchev–Trinajstić information content (AvgIpc) is 2.31. The molecule has 2 aromatic rings. The van der Waals surface area contributed by atoms with Crippen molar-refractivity contribution in [1.82, 2.24) is 0 Å². The Morgan fingerprint density at radius 2 is 1.69 bits per heavy atom. The van der Waals surface area contributed by atoms with Gasteiger partial charge in [-0.3, -0.25) is 0 Å². The molecule has 16 heavy (non-hydrogen) atoms. The standard InChI is InChI=1S/C15H13F/c1-2-5-12-8-10-13(11-9-12)14-6-3-4-7-15(14)16/h2-4,6-11H,1,5H2. The molecule has 1 heteroatoms. The molecule has 0 aromatic heterocycles. The van der Waals surface area contributed by atoms with Crippen LogP contribution >= 0.6 is 0 Å². The van der Waals surface area contributed by atoms with E-state index >= 15 is 0 Å². The molecular weight excluding hydrogens is 199 g/mol. The third-order valence-electron chi connectivity index (χ3n) is 2.52. The lowest BCUT2D eigenvalue weighted by Gasteiger charge is -2.04. The van der Waals surface area contributed by atoms with Crippen LogP contribution in [0.5, 0.6) is 0 Å². The van der Waals surface area contributed by atoms with E-state index in [0.29, 0.717) is 5.56 Å². The van der Waals surface area contributed by atoms with Crippen LogP contribution in [0.25, 0.3) is 11.1 Å². The monoisotopic (exact) mass is 212 g/mol.